The van der Waals surface area contributed by atoms with Gasteiger partial charge in [-0.05, 0) is 24.1 Å². The van der Waals surface area contributed by atoms with Gasteiger partial charge in [0, 0.05) is 13.1 Å². The number of rotatable bonds is 8. The van der Waals surface area contributed by atoms with E-state index in [1.807, 2.05) is 31.2 Å². The molecule has 1 aromatic rings. The van der Waals surface area contributed by atoms with Gasteiger partial charge in [-0.2, -0.15) is 0 Å². The molecule has 0 heterocycles. The Morgan fingerprint density at radius 3 is 2.39 bits per heavy atom. The van der Waals surface area contributed by atoms with Crippen molar-refractivity contribution >= 4 is 0 Å². The van der Waals surface area contributed by atoms with Crippen LogP contribution in [0.4, 0.5) is 0 Å². The highest BCUT2D eigenvalue weighted by Gasteiger charge is 2.08. The lowest BCUT2D eigenvalue weighted by atomic mass is 10.1. The van der Waals surface area contributed by atoms with Gasteiger partial charge in [-0.3, -0.25) is 0 Å². The van der Waals surface area contributed by atoms with Gasteiger partial charge in [0.15, 0.2) is 0 Å². The number of aliphatic hydroxyl groups is 2. The Labute approximate surface area is 109 Å². The van der Waals surface area contributed by atoms with Crippen LogP contribution in [0, 0.1) is 0 Å². The van der Waals surface area contributed by atoms with Gasteiger partial charge in [-0.1, -0.05) is 25.5 Å². The van der Waals surface area contributed by atoms with Crippen molar-refractivity contribution in [1.29, 1.82) is 0 Å². The number of ether oxygens (including phenoxy) is 1. The molecule has 1 rings (SSSR count). The molecule has 3 N–H and O–H groups in total. The maximum Gasteiger partial charge on any atom is 0.118 e. The number of methoxy groups -OCH3 is 1. The van der Waals surface area contributed by atoms with Crippen LogP contribution in [0.5, 0.6) is 5.75 Å². The molecule has 0 saturated carbocycles. The van der Waals surface area contributed by atoms with E-state index in [-0.39, 0.29) is 6.10 Å². The van der Waals surface area contributed by atoms with Crippen molar-refractivity contribution in [2.75, 3.05) is 20.2 Å². The van der Waals surface area contributed by atoms with Gasteiger partial charge < -0.3 is 20.3 Å². The SMILES string of the molecule is CCCC(O)CNCC(O)c1ccc(OC)cc1. The Morgan fingerprint density at radius 1 is 1.17 bits per heavy atom. The number of hydrogen-bond donors (Lipinski definition) is 3. The summed E-state index contributed by atoms with van der Waals surface area (Å²) in [5.74, 6) is 0.775. The van der Waals surface area contributed by atoms with Crippen molar-refractivity contribution in [2.24, 2.45) is 0 Å². The molecule has 4 heteroatoms. The highest BCUT2D eigenvalue weighted by Crippen LogP contribution is 2.16. The van der Waals surface area contributed by atoms with Crippen LogP contribution < -0.4 is 10.1 Å². The van der Waals surface area contributed by atoms with Crippen LogP contribution in [0.15, 0.2) is 24.3 Å². The summed E-state index contributed by atoms with van der Waals surface area (Å²) in [5.41, 5.74) is 0.841. The second-order valence-electron chi connectivity index (χ2n) is 4.39. The Morgan fingerprint density at radius 2 is 1.83 bits per heavy atom. The third kappa shape index (κ3) is 5.04. The third-order valence-corrected chi connectivity index (χ3v) is 2.84. The minimum absolute atomic E-state index is 0.335. The largest absolute Gasteiger partial charge is 0.497 e. The molecule has 0 amide bonds. The number of nitrogens with one attached hydrogen (secondary N) is 1. The Balaban J connectivity index is 2.33. The average Bonchev–Trinajstić information content (AvgIpc) is 2.39. The summed E-state index contributed by atoms with van der Waals surface area (Å²) in [6, 6.07) is 7.33. The highest BCUT2D eigenvalue weighted by molar-refractivity contribution is 5.28. The highest BCUT2D eigenvalue weighted by atomic mass is 16.5. The lowest BCUT2D eigenvalue weighted by Gasteiger charge is -2.15. The monoisotopic (exact) mass is 253 g/mol. The van der Waals surface area contributed by atoms with Gasteiger partial charge in [0.25, 0.3) is 0 Å². The molecular formula is C14H23NO3. The molecule has 0 aliphatic carbocycles. The molecule has 0 aliphatic rings. The van der Waals surface area contributed by atoms with Gasteiger partial charge in [-0.25, -0.2) is 0 Å². The van der Waals surface area contributed by atoms with Crippen LogP contribution in [-0.4, -0.2) is 36.5 Å². The first kappa shape index (κ1) is 15.0. The van der Waals surface area contributed by atoms with Crippen LogP contribution >= 0.6 is 0 Å². The Bertz CT molecular complexity index is 326. The lowest BCUT2D eigenvalue weighted by Crippen LogP contribution is -2.30. The van der Waals surface area contributed by atoms with Gasteiger partial charge in [0.05, 0.1) is 19.3 Å². The van der Waals surface area contributed by atoms with Gasteiger partial charge in [0.1, 0.15) is 5.75 Å². The molecule has 18 heavy (non-hydrogen) atoms. The van der Waals surface area contributed by atoms with Crippen molar-refractivity contribution in [3.8, 4) is 5.75 Å². The molecule has 0 bridgehead atoms. The zero-order valence-corrected chi connectivity index (χ0v) is 11.1. The molecule has 0 spiro atoms. The van der Waals surface area contributed by atoms with Crippen molar-refractivity contribution in [3.05, 3.63) is 29.8 Å². The first-order chi connectivity index (χ1) is 8.67. The van der Waals surface area contributed by atoms with Crippen LogP contribution in [0.2, 0.25) is 0 Å². The van der Waals surface area contributed by atoms with Crippen LogP contribution in [0.1, 0.15) is 31.4 Å². The van der Waals surface area contributed by atoms with Crippen LogP contribution in [-0.2, 0) is 0 Å². The van der Waals surface area contributed by atoms with E-state index in [1.165, 1.54) is 0 Å². The molecule has 0 radical (unpaired) electrons. The predicted molar refractivity (Wildman–Crippen MR) is 71.7 cm³/mol. The van der Waals surface area contributed by atoms with E-state index in [9.17, 15) is 10.2 Å². The molecule has 1 aromatic carbocycles. The van der Waals surface area contributed by atoms with Crippen LogP contribution in [0.25, 0.3) is 0 Å². The fourth-order valence-electron chi connectivity index (χ4n) is 1.77. The average molecular weight is 253 g/mol. The van der Waals surface area contributed by atoms with Crippen molar-refractivity contribution in [3.63, 3.8) is 0 Å². The second kappa shape index (κ2) is 8.08. The third-order valence-electron chi connectivity index (χ3n) is 2.84. The summed E-state index contributed by atoms with van der Waals surface area (Å²) >= 11 is 0. The lowest BCUT2D eigenvalue weighted by molar-refractivity contribution is 0.140. The minimum atomic E-state index is -0.565. The van der Waals surface area contributed by atoms with Crippen molar-refractivity contribution in [1.82, 2.24) is 5.32 Å². The quantitative estimate of drug-likeness (QED) is 0.656. The van der Waals surface area contributed by atoms with Gasteiger partial charge >= 0.3 is 0 Å². The molecule has 0 fully saturated rings. The molecular weight excluding hydrogens is 230 g/mol. The number of benzene rings is 1. The minimum Gasteiger partial charge on any atom is -0.497 e. The smallest absolute Gasteiger partial charge is 0.118 e. The fraction of sp³-hybridized carbons (Fsp3) is 0.571. The molecule has 4 nitrogen and oxygen atoms in total. The number of hydrogen-bond acceptors (Lipinski definition) is 4. The first-order valence-electron chi connectivity index (χ1n) is 6.38. The molecule has 2 atom stereocenters. The van der Waals surface area contributed by atoms with E-state index in [4.69, 9.17) is 4.74 Å². The maximum absolute atomic E-state index is 9.94. The normalized spacial score (nSPS) is 14.2. The second-order valence-corrected chi connectivity index (χ2v) is 4.39. The first-order valence-corrected chi connectivity index (χ1v) is 6.38. The Hall–Kier alpha value is -1.10. The van der Waals surface area contributed by atoms with E-state index in [2.05, 4.69) is 5.32 Å². The van der Waals surface area contributed by atoms with E-state index in [0.29, 0.717) is 13.1 Å². The molecule has 0 aromatic heterocycles. The Kier molecular flexibility index (Phi) is 6.72. The summed E-state index contributed by atoms with van der Waals surface area (Å²) < 4.78 is 5.06. The molecule has 0 saturated heterocycles. The summed E-state index contributed by atoms with van der Waals surface area (Å²) in [6.07, 6.45) is 0.845. The van der Waals surface area contributed by atoms with Gasteiger partial charge in [-0.15, -0.1) is 0 Å². The molecule has 2 unspecified atom stereocenters. The van der Waals surface area contributed by atoms with Gasteiger partial charge in [0.2, 0.25) is 0 Å². The standard InChI is InChI=1S/C14H23NO3/c1-3-4-12(16)9-15-10-14(17)11-5-7-13(18-2)8-6-11/h5-8,12,14-17H,3-4,9-10H2,1-2H3. The van der Waals surface area contributed by atoms with E-state index >= 15 is 0 Å². The summed E-state index contributed by atoms with van der Waals surface area (Å²) in [7, 11) is 1.61. The summed E-state index contributed by atoms with van der Waals surface area (Å²) in [6.45, 7) is 2.99. The van der Waals surface area contributed by atoms with Crippen molar-refractivity contribution in [2.45, 2.75) is 32.0 Å². The number of aliphatic hydroxyl groups excluding tert-OH is 2. The fourth-order valence-corrected chi connectivity index (χ4v) is 1.77. The zero-order valence-electron chi connectivity index (χ0n) is 11.1. The summed E-state index contributed by atoms with van der Waals surface area (Å²) in [5, 5.41) is 22.5. The zero-order chi connectivity index (χ0) is 13.4. The maximum atomic E-state index is 9.94. The van der Waals surface area contributed by atoms with E-state index < -0.39 is 6.10 Å². The topological polar surface area (TPSA) is 61.7 Å². The molecule has 0 aliphatic heterocycles. The molecule has 102 valence electrons. The van der Waals surface area contributed by atoms with E-state index in [0.717, 1.165) is 24.2 Å². The summed E-state index contributed by atoms with van der Waals surface area (Å²) in [4.78, 5) is 0. The predicted octanol–water partition coefficient (Wildman–Crippen LogP) is 1.48. The van der Waals surface area contributed by atoms with E-state index in [1.54, 1.807) is 7.11 Å². The van der Waals surface area contributed by atoms with Crippen LogP contribution in [0.3, 0.4) is 0 Å². The van der Waals surface area contributed by atoms with Crippen molar-refractivity contribution < 1.29 is 14.9 Å².